The molecule has 0 bridgehead atoms. The molecule has 4 aromatic rings. The van der Waals surface area contributed by atoms with Crippen LogP contribution in [0, 0.1) is 5.82 Å². The van der Waals surface area contributed by atoms with Gasteiger partial charge in [0.15, 0.2) is 9.84 Å². The lowest BCUT2D eigenvalue weighted by atomic mass is 10.1. The van der Waals surface area contributed by atoms with Crippen molar-refractivity contribution < 1.29 is 12.8 Å². The van der Waals surface area contributed by atoms with Crippen LogP contribution < -0.4 is 17.0 Å². The van der Waals surface area contributed by atoms with Crippen molar-refractivity contribution in [2.45, 2.75) is 23.9 Å². The summed E-state index contributed by atoms with van der Waals surface area (Å²) in [5, 5.41) is 4.16. The molecule has 2 N–H and O–H groups in total. The van der Waals surface area contributed by atoms with E-state index in [1.165, 1.54) is 30.3 Å². The van der Waals surface area contributed by atoms with Crippen LogP contribution in [0.3, 0.4) is 0 Å². The Morgan fingerprint density at radius 3 is 2.26 bits per heavy atom. The van der Waals surface area contributed by atoms with E-state index in [4.69, 9.17) is 5.73 Å². The molecule has 0 fully saturated rings. The largest absolute Gasteiger partial charge is 0.352 e. The van der Waals surface area contributed by atoms with Crippen molar-refractivity contribution in [2.24, 2.45) is 5.73 Å². The highest BCUT2D eigenvalue weighted by atomic mass is 32.2. The highest BCUT2D eigenvalue weighted by Gasteiger charge is 2.21. The van der Waals surface area contributed by atoms with Gasteiger partial charge in [-0.2, -0.15) is 9.78 Å². The number of benzene rings is 3. The molecule has 0 aliphatic rings. The van der Waals surface area contributed by atoms with Gasteiger partial charge in [0.1, 0.15) is 17.2 Å². The van der Waals surface area contributed by atoms with Crippen LogP contribution >= 0.6 is 0 Å². The summed E-state index contributed by atoms with van der Waals surface area (Å²) in [6.07, 6.45) is 0.883. The van der Waals surface area contributed by atoms with Gasteiger partial charge in [-0.1, -0.05) is 60.7 Å². The fourth-order valence-electron chi connectivity index (χ4n) is 3.81. The Morgan fingerprint density at radius 1 is 0.943 bits per heavy atom. The number of halogens is 1. The molecule has 0 spiro atoms. The Labute approximate surface area is 201 Å². The maximum Gasteiger partial charge on any atom is 0.352 e. The van der Waals surface area contributed by atoms with Crippen LogP contribution in [0.15, 0.2) is 93.3 Å². The molecule has 10 heteroatoms. The Kier molecular flexibility index (Phi) is 6.77. The monoisotopic (exact) mass is 494 g/mol. The van der Waals surface area contributed by atoms with E-state index in [2.05, 4.69) is 5.10 Å². The molecule has 0 saturated carbocycles. The van der Waals surface area contributed by atoms with Gasteiger partial charge in [-0.25, -0.2) is 17.6 Å². The number of nitrogens with two attached hydrogens (primary N) is 1. The Bertz CT molecular complexity index is 1600. The van der Waals surface area contributed by atoms with Crippen molar-refractivity contribution in [3.05, 3.63) is 122 Å². The summed E-state index contributed by atoms with van der Waals surface area (Å²) in [5.41, 5.74) is 5.48. The third kappa shape index (κ3) is 5.13. The third-order valence-electron chi connectivity index (χ3n) is 5.54. The van der Waals surface area contributed by atoms with E-state index in [0.717, 1.165) is 15.5 Å². The quantitative estimate of drug-likeness (QED) is 0.421. The molecule has 0 saturated heterocycles. The molecule has 4 rings (SSSR count). The first-order valence-corrected chi connectivity index (χ1v) is 12.6. The van der Waals surface area contributed by atoms with Crippen molar-refractivity contribution in [1.29, 1.82) is 0 Å². The molecule has 1 atom stereocenters. The average molecular weight is 495 g/mol. The predicted octanol–water partition coefficient (Wildman–Crippen LogP) is 2.23. The third-order valence-corrected chi connectivity index (χ3v) is 6.74. The Balaban J connectivity index is 1.90. The first-order chi connectivity index (χ1) is 16.7. The van der Waals surface area contributed by atoms with Crippen LogP contribution in [0.2, 0.25) is 0 Å². The van der Waals surface area contributed by atoms with E-state index in [1.54, 1.807) is 42.5 Å². The highest BCUT2D eigenvalue weighted by molar-refractivity contribution is 7.90. The molecule has 3 aromatic carbocycles. The molecule has 0 amide bonds. The molecule has 1 unspecified atom stereocenters. The zero-order valence-corrected chi connectivity index (χ0v) is 19.7. The summed E-state index contributed by atoms with van der Waals surface area (Å²) in [5.74, 6) is -0.706. The lowest BCUT2D eigenvalue weighted by molar-refractivity contribution is 0.497. The van der Waals surface area contributed by atoms with E-state index < -0.39 is 32.9 Å². The number of hydrogen-bond acceptors (Lipinski definition) is 6. The van der Waals surface area contributed by atoms with Crippen molar-refractivity contribution in [1.82, 2.24) is 14.3 Å². The van der Waals surface area contributed by atoms with Crippen LogP contribution in [0.25, 0.3) is 5.69 Å². The van der Waals surface area contributed by atoms with Gasteiger partial charge in [0.05, 0.1) is 11.4 Å². The Morgan fingerprint density at radius 2 is 1.57 bits per heavy atom. The van der Waals surface area contributed by atoms with Crippen LogP contribution in [0.4, 0.5) is 4.39 Å². The molecule has 35 heavy (non-hydrogen) atoms. The van der Waals surface area contributed by atoms with Gasteiger partial charge in [-0.3, -0.25) is 9.36 Å². The Hall–Kier alpha value is -3.89. The maximum absolute atomic E-state index is 14.6. The molecular formula is C25H23FN4O4S. The molecule has 180 valence electrons. The van der Waals surface area contributed by atoms with Gasteiger partial charge in [-0.05, 0) is 29.3 Å². The van der Waals surface area contributed by atoms with Gasteiger partial charge in [-0.15, -0.1) is 0 Å². The van der Waals surface area contributed by atoms with Crippen molar-refractivity contribution in [3.63, 3.8) is 0 Å². The fourth-order valence-corrected chi connectivity index (χ4v) is 4.75. The van der Waals surface area contributed by atoms with E-state index >= 15 is 0 Å². The maximum atomic E-state index is 14.6. The lowest BCUT2D eigenvalue weighted by Crippen LogP contribution is -2.45. The number of sulfone groups is 1. The van der Waals surface area contributed by atoms with Gasteiger partial charge < -0.3 is 5.73 Å². The van der Waals surface area contributed by atoms with Gasteiger partial charge in [0, 0.05) is 18.7 Å². The van der Waals surface area contributed by atoms with Crippen LogP contribution in [0.1, 0.15) is 22.9 Å². The van der Waals surface area contributed by atoms with Crippen LogP contribution in [-0.4, -0.2) is 29.0 Å². The summed E-state index contributed by atoms with van der Waals surface area (Å²) in [4.78, 5) is 26.7. The first kappa shape index (κ1) is 24.2. The van der Waals surface area contributed by atoms with E-state index in [-0.39, 0.29) is 29.2 Å². The van der Waals surface area contributed by atoms with E-state index in [9.17, 15) is 22.4 Å². The first-order valence-electron chi connectivity index (χ1n) is 10.7. The number of aromatic nitrogens is 3. The topological polar surface area (TPSA) is 117 Å². The van der Waals surface area contributed by atoms with Gasteiger partial charge in [0.2, 0.25) is 0 Å². The van der Waals surface area contributed by atoms with E-state index in [0.29, 0.717) is 11.1 Å². The summed E-state index contributed by atoms with van der Waals surface area (Å²) in [6, 6.07) is 20.0. The summed E-state index contributed by atoms with van der Waals surface area (Å²) < 4.78 is 40.8. The zero-order chi connectivity index (χ0) is 25.2. The summed E-state index contributed by atoms with van der Waals surface area (Å²) >= 11 is 0. The molecule has 0 aliphatic heterocycles. The van der Waals surface area contributed by atoms with Crippen molar-refractivity contribution in [3.8, 4) is 5.69 Å². The molecule has 1 aromatic heterocycles. The smallest absolute Gasteiger partial charge is 0.322 e. The summed E-state index contributed by atoms with van der Waals surface area (Å²) in [7, 11) is -3.59. The minimum atomic E-state index is -3.59. The molecule has 8 nitrogen and oxygen atoms in total. The van der Waals surface area contributed by atoms with Crippen LogP contribution in [0.5, 0.6) is 0 Å². The number of nitrogens with zero attached hydrogens (tertiary/aromatic N) is 3. The number of para-hydroxylation sites is 1. The lowest BCUT2D eigenvalue weighted by Gasteiger charge is -2.17. The van der Waals surface area contributed by atoms with E-state index in [1.807, 2.05) is 6.07 Å². The summed E-state index contributed by atoms with van der Waals surface area (Å²) in [6.45, 7) is -0.181. The SMILES string of the molecule is CS(=O)(=O)c1ccccc1Cc1nn(-c2ccccc2F)c(=O)n(CC(N)c2ccccc2)c1=O. The van der Waals surface area contributed by atoms with Crippen molar-refractivity contribution in [2.75, 3.05) is 6.26 Å². The van der Waals surface area contributed by atoms with Crippen molar-refractivity contribution >= 4 is 9.84 Å². The standard InChI is InChI=1S/C25H23FN4O4S/c1-35(33,34)23-14-8-5-11-18(23)15-21-24(31)29(16-20(27)17-9-3-2-4-10-17)25(32)30(28-21)22-13-7-6-12-19(22)26/h2-14,20H,15-16,27H2,1H3. The second-order valence-corrected chi connectivity index (χ2v) is 10.1. The fraction of sp³-hybridized carbons (Fsp3) is 0.160. The van der Waals surface area contributed by atoms with Gasteiger partial charge >= 0.3 is 5.69 Å². The second kappa shape index (κ2) is 9.77. The predicted molar refractivity (Wildman–Crippen MR) is 130 cm³/mol. The molecule has 1 heterocycles. The number of hydrogen-bond donors (Lipinski definition) is 1. The normalized spacial score (nSPS) is 12.4. The minimum absolute atomic E-state index is 0.0392. The second-order valence-electron chi connectivity index (χ2n) is 8.08. The molecule has 0 radical (unpaired) electrons. The number of rotatable bonds is 7. The average Bonchev–Trinajstić information content (AvgIpc) is 2.84. The van der Waals surface area contributed by atoms with Gasteiger partial charge in [0.25, 0.3) is 5.56 Å². The highest BCUT2D eigenvalue weighted by Crippen LogP contribution is 2.18. The minimum Gasteiger partial charge on any atom is -0.322 e. The molecular weight excluding hydrogens is 471 g/mol. The molecule has 0 aliphatic carbocycles. The zero-order valence-electron chi connectivity index (χ0n) is 18.8. The van der Waals surface area contributed by atoms with Crippen LogP contribution in [-0.2, 0) is 22.8 Å².